The van der Waals surface area contributed by atoms with Gasteiger partial charge in [0.1, 0.15) is 0 Å². The Morgan fingerprint density at radius 1 is 0.474 bits per heavy atom. The first-order valence-corrected chi connectivity index (χ1v) is 22.3. The molecule has 0 bridgehead atoms. The molecule has 0 aliphatic rings. The quantitative estimate of drug-likeness (QED) is 0.425. The van der Waals surface area contributed by atoms with E-state index in [0.717, 1.165) is 0 Å². The van der Waals surface area contributed by atoms with E-state index >= 15 is 0 Å². The molecule has 0 aromatic heterocycles. The molecule has 0 unspecified atom stereocenters. The van der Waals surface area contributed by atoms with Gasteiger partial charge in [-0.2, -0.15) is 0 Å². The maximum atomic E-state index is 3.52. The van der Waals surface area contributed by atoms with Crippen molar-refractivity contribution in [3.05, 3.63) is 0 Å². The molecule has 0 nitrogen and oxygen atoms in total. The van der Waals surface area contributed by atoms with Gasteiger partial charge in [-0.1, -0.05) is 0 Å². The van der Waals surface area contributed by atoms with Crippen molar-refractivity contribution < 1.29 is 0 Å². The van der Waals surface area contributed by atoms with Crippen LogP contribution in [0.1, 0.15) is 0 Å². The number of hydrogen-bond donors (Lipinski definition) is 0. The summed E-state index contributed by atoms with van der Waals surface area (Å²) in [4.78, 5) is 0. The molecule has 0 radical (unpaired) electrons. The zero-order chi connectivity index (χ0) is 15.3. The summed E-state index contributed by atoms with van der Waals surface area (Å²) >= 11 is -2.26. The van der Waals surface area contributed by atoms with Crippen molar-refractivity contribution in [1.29, 1.82) is 0 Å². The Hall–Kier alpha value is 0.201. The zero-order valence-electron chi connectivity index (χ0n) is 14.1. The molecule has 0 aromatic rings. The van der Waals surface area contributed by atoms with Crippen molar-refractivity contribution >= 4 is 45.7 Å². The van der Waals surface area contributed by atoms with Crippen molar-refractivity contribution in [2.24, 2.45) is 0 Å². The monoisotopic (exact) mass is 406 g/mol. The Morgan fingerprint density at radius 2 is 0.684 bits per heavy atom. The first-order valence-electron chi connectivity index (χ1n) is 6.87. The summed E-state index contributed by atoms with van der Waals surface area (Å²) < 4.78 is 10.6. The molecule has 0 amide bonds. The van der Waals surface area contributed by atoms with Gasteiger partial charge in [0.15, 0.2) is 0 Å². The normalized spacial score (nSPS) is 11.2. The predicted octanol–water partition coefficient (Wildman–Crippen LogP) is 3.74. The summed E-state index contributed by atoms with van der Waals surface area (Å²) in [6, 6.07) is 0. The number of rotatable bonds is 0. The standard InChI is InChI=1S/3C5H9Si.In/c3*1-5-6(2,3)4;/h3*2-4H3;. The van der Waals surface area contributed by atoms with Gasteiger partial charge in [0.05, 0.1) is 0 Å². The summed E-state index contributed by atoms with van der Waals surface area (Å²) in [6.45, 7) is 20.6. The number of hydrogen-bond acceptors (Lipinski definition) is 0. The molecular formula is C15H27InSi3. The summed E-state index contributed by atoms with van der Waals surface area (Å²) in [6.07, 6.45) is 0. The molecule has 4 heteroatoms. The predicted molar refractivity (Wildman–Crippen MR) is 99.1 cm³/mol. The van der Waals surface area contributed by atoms with Gasteiger partial charge < -0.3 is 0 Å². The second kappa shape index (κ2) is 7.28. The van der Waals surface area contributed by atoms with Crippen LogP contribution in [0.25, 0.3) is 0 Å². The van der Waals surface area contributed by atoms with Gasteiger partial charge in [-0.05, 0) is 0 Å². The van der Waals surface area contributed by atoms with E-state index in [1.54, 1.807) is 0 Å². The van der Waals surface area contributed by atoms with Crippen molar-refractivity contribution in [3.63, 3.8) is 0 Å². The molecule has 0 saturated carbocycles. The third-order valence-electron chi connectivity index (χ3n) is 1.77. The fourth-order valence-electron chi connectivity index (χ4n) is 0.974. The van der Waals surface area contributed by atoms with Gasteiger partial charge in [-0.3, -0.25) is 0 Å². The van der Waals surface area contributed by atoms with E-state index in [-0.39, 0.29) is 0 Å². The van der Waals surface area contributed by atoms with Gasteiger partial charge in [0.2, 0.25) is 0 Å². The van der Waals surface area contributed by atoms with E-state index < -0.39 is 45.7 Å². The minimum atomic E-state index is -2.26. The van der Waals surface area contributed by atoms with Crippen LogP contribution in [0.15, 0.2) is 0 Å². The van der Waals surface area contributed by atoms with E-state index in [9.17, 15) is 0 Å². The molecule has 0 heterocycles. The molecule has 0 aromatic carbocycles. The fourth-order valence-corrected chi connectivity index (χ4v) is 18.2. The van der Waals surface area contributed by atoms with Gasteiger partial charge in [0.25, 0.3) is 0 Å². The molecule has 0 aliphatic heterocycles. The van der Waals surface area contributed by atoms with Gasteiger partial charge in [-0.25, -0.2) is 0 Å². The average molecular weight is 406 g/mol. The van der Waals surface area contributed by atoms with E-state index in [0.29, 0.717) is 0 Å². The minimum absolute atomic E-state index is 1.29. The Kier molecular flexibility index (Phi) is 7.36. The Balaban J connectivity index is 5.30. The van der Waals surface area contributed by atoms with Crippen LogP contribution in [0.5, 0.6) is 0 Å². The second-order valence-corrected chi connectivity index (χ2v) is 27.2. The third kappa shape index (κ3) is 14.4. The molecule has 102 valence electrons. The van der Waals surface area contributed by atoms with Crippen LogP contribution in [0.2, 0.25) is 58.9 Å². The third-order valence-corrected chi connectivity index (χ3v) is 10.6. The maximum absolute atomic E-state index is 3.52. The first-order chi connectivity index (χ1) is 8.29. The van der Waals surface area contributed by atoms with Crippen LogP contribution in [-0.2, 0) is 0 Å². The molecule has 0 N–H and O–H groups in total. The van der Waals surface area contributed by atoms with Gasteiger partial charge in [0, 0.05) is 0 Å². The molecule has 0 aliphatic carbocycles. The first kappa shape index (κ1) is 19.2. The van der Waals surface area contributed by atoms with Crippen LogP contribution < -0.4 is 0 Å². The van der Waals surface area contributed by atoms with Gasteiger partial charge in [-0.15, -0.1) is 0 Å². The molecule has 0 spiro atoms. The zero-order valence-corrected chi connectivity index (χ0v) is 20.4. The molecular weight excluding hydrogens is 379 g/mol. The van der Waals surface area contributed by atoms with Crippen molar-refractivity contribution in [3.8, 4) is 27.7 Å². The fraction of sp³-hybridized carbons (Fsp3) is 0.600. The second-order valence-electron chi connectivity index (χ2n) is 7.99. The molecule has 0 fully saturated rings. The van der Waals surface area contributed by atoms with Crippen LogP contribution >= 0.6 is 0 Å². The SMILES string of the molecule is C[Si](C)(C)C#[C][In]([C]#C[Si](C)(C)C)[C]#C[Si](C)(C)C. The van der Waals surface area contributed by atoms with E-state index in [1.807, 2.05) is 0 Å². The Morgan fingerprint density at radius 3 is 0.842 bits per heavy atom. The van der Waals surface area contributed by atoms with Crippen LogP contribution in [0, 0.1) is 27.7 Å². The molecule has 0 rings (SSSR count). The van der Waals surface area contributed by atoms with Gasteiger partial charge >= 0.3 is 132 Å². The van der Waals surface area contributed by atoms with Crippen LogP contribution in [-0.4, -0.2) is 45.7 Å². The molecule has 19 heavy (non-hydrogen) atoms. The topological polar surface area (TPSA) is 0 Å². The van der Waals surface area contributed by atoms with Crippen molar-refractivity contribution in [1.82, 2.24) is 0 Å². The average Bonchev–Trinajstić information content (AvgIpc) is 2.11. The Bertz CT molecular complexity index is 406. The van der Waals surface area contributed by atoms with E-state index in [2.05, 4.69) is 86.6 Å². The Labute approximate surface area is 131 Å². The van der Waals surface area contributed by atoms with Crippen molar-refractivity contribution in [2.75, 3.05) is 0 Å². The summed E-state index contributed by atoms with van der Waals surface area (Å²) in [5, 5.41) is 0. The summed E-state index contributed by atoms with van der Waals surface area (Å²) in [5.74, 6) is 0. The van der Waals surface area contributed by atoms with Crippen molar-refractivity contribution in [2.45, 2.75) is 58.9 Å². The van der Waals surface area contributed by atoms with E-state index in [4.69, 9.17) is 0 Å². The molecule has 0 saturated heterocycles. The summed E-state index contributed by atoms with van der Waals surface area (Å²) in [5.41, 5.74) is 10.5. The van der Waals surface area contributed by atoms with Crippen LogP contribution in [0.4, 0.5) is 0 Å². The molecule has 0 atom stereocenters. The summed E-state index contributed by atoms with van der Waals surface area (Å²) in [7, 11) is -3.87. The van der Waals surface area contributed by atoms with Crippen LogP contribution in [0.3, 0.4) is 0 Å². The van der Waals surface area contributed by atoms with E-state index in [1.165, 1.54) is 0 Å².